The van der Waals surface area contributed by atoms with E-state index in [9.17, 15) is 13.2 Å². The van der Waals surface area contributed by atoms with Crippen molar-refractivity contribution in [2.75, 3.05) is 20.3 Å². The summed E-state index contributed by atoms with van der Waals surface area (Å²) in [6, 6.07) is 6.06. The topological polar surface area (TPSA) is 84.9 Å². The summed E-state index contributed by atoms with van der Waals surface area (Å²) >= 11 is 0. The van der Waals surface area contributed by atoms with Crippen molar-refractivity contribution >= 4 is 16.2 Å². The van der Waals surface area contributed by atoms with Crippen LogP contribution in [0.25, 0.3) is 0 Å². The highest BCUT2D eigenvalue weighted by Gasteiger charge is 2.35. The molecule has 1 aromatic carbocycles. The number of hydrogen-bond donors (Lipinski definition) is 1. The largest absolute Gasteiger partial charge is 0.497 e. The van der Waals surface area contributed by atoms with E-state index in [1.807, 2.05) is 0 Å². The molecule has 7 nitrogen and oxygen atoms in total. The first-order chi connectivity index (χ1) is 10.9. The molecule has 0 fully saturated rings. The molecule has 0 amide bonds. The number of benzene rings is 1. The normalized spacial score (nSPS) is 19.9. The van der Waals surface area contributed by atoms with Gasteiger partial charge in [0.05, 0.1) is 25.3 Å². The molecule has 0 spiro atoms. The van der Waals surface area contributed by atoms with Crippen LogP contribution in [0.5, 0.6) is 5.75 Å². The van der Waals surface area contributed by atoms with Gasteiger partial charge in [-0.1, -0.05) is 12.1 Å². The molecule has 0 saturated carbocycles. The summed E-state index contributed by atoms with van der Waals surface area (Å²) in [5, 5.41) is 0. The second kappa shape index (κ2) is 7.01. The summed E-state index contributed by atoms with van der Waals surface area (Å²) in [5.74, 6) is 0.0176. The van der Waals surface area contributed by atoms with Crippen molar-refractivity contribution < 1.29 is 22.7 Å². The summed E-state index contributed by atoms with van der Waals surface area (Å²) in [5.41, 5.74) is 0.833. The quantitative estimate of drug-likeness (QED) is 0.818. The number of nitrogens with one attached hydrogen (secondary N) is 1. The average molecular weight is 340 g/mol. The molecule has 8 heteroatoms. The van der Waals surface area contributed by atoms with Crippen molar-refractivity contribution in [1.29, 1.82) is 0 Å². The maximum Gasteiger partial charge on any atom is 0.337 e. The second-order valence-corrected chi connectivity index (χ2v) is 6.50. The highest BCUT2D eigenvalue weighted by Crippen LogP contribution is 2.30. The molecule has 1 aliphatic rings. The van der Waals surface area contributed by atoms with Crippen LogP contribution in [-0.4, -0.2) is 39.0 Å². The van der Waals surface area contributed by atoms with Gasteiger partial charge in [0.25, 0.3) is 0 Å². The molecule has 1 N–H and O–H groups in total. The predicted molar refractivity (Wildman–Crippen MR) is 84.9 cm³/mol. The van der Waals surface area contributed by atoms with Crippen molar-refractivity contribution in [3.05, 3.63) is 41.6 Å². The zero-order valence-corrected chi connectivity index (χ0v) is 14.1. The Balaban J connectivity index is 2.51. The molecular weight excluding hydrogens is 320 g/mol. The van der Waals surface area contributed by atoms with Crippen LogP contribution in [0.1, 0.15) is 25.5 Å². The van der Waals surface area contributed by atoms with E-state index in [2.05, 4.69) is 4.72 Å². The van der Waals surface area contributed by atoms with E-state index in [1.54, 1.807) is 38.1 Å². The Morgan fingerprint density at radius 2 is 2.09 bits per heavy atom. The van der Waals surface area contributed by atoms with Crippen molar-refractivity contribution in [1.82, 2.24) is 9.03 Å². The lowest BCUT2D eigenvalue weighted by Crippen LogP contribution is -2.45. The predicted octanol–water partition coefficient (Wildman–Crippen LogP) is 1.35. The van der Waals surface area contributed by atoms with Gasteiger partial charge in [0.15, 0.2) is 0 Å². The Hall–Kier alpha value is -2.06. The molecule has 0 radical (unpaired) electrons. The number of rotatable bonds is 5. The zero-order chi connectivity index (χ0) is 17.0. The van der Waals surface area contributed by atoms with Gasteiger partial charge in [0.1, 0.15) is 5.75 Å². The van der Waals surface area contributed by atoms with E-state index in [0.717, 1.165) is 4.31 Å². The SMILES string of the molecule is CCOC(=O)C1=CN(CC)S(=O)(=O)NC1c1cccc(OC)c1. The molecular formula is C15H20N2O5S. The summed E-state index contributed by atoms with van der Waals surface area (Å²) in [6.07, 6.45) is 1.33. The Morgan fingerprint density at radius 1 is 1.35 bits per heavy atom. The summed E-state index contributed by atoms with van der Waals surface area (Å²) in [7, 11) is -2.19. The molecule has 2 rings (SSSR count). The van der Waals surface area contributed by atoms with E-state index in [0.29, 0.717) is 11.3 Å². The Morgan fingerprint density at radius 3 is 2.70 bits per heavy atom. The number of methoxy groups -OCH3 is 1. The molecule has 1 aromatic rings. The van der Waals surface area contributed by atoms with E-state index in [-0.39, 0.29) is 18.7 Å². The van der Waals surface area contributed by atoms with E-state index in [4.69, 9.17) is 9.47 Å². The van der Waals surface area contributed by atoms with E-state index >= 15 is 0 Å². The lowest BCUT2D eigenvalue weighted by molar-refractivity contribution is -0.139. The maximum absolute atomic E-state index is 12.3. The molecule has 126 valence electrons. The highest BCUT2D eigenvalue weighted by molar-refractivity contribution is 7.87. The first kappa shape index (κ1) is 17.3. The van der Waals surface area contributed by atoms with Gasteiger partial charge >= 0.3 is 16.2 Å². The van der Waals surface area contributed by atoms with E-state index < -0.39 is 22.2 Å². The standard InChI is InChI=1S/C15H20N2O5S/c1-4-17-10-13(15(18)22-5-2)14(16-23(17,19)20)11-7-6-8-12(9-11)21-3/h6-10,14,16H,4-5H2,1-3H3. The molecule has 1 heterocycles. The Bertz CT molecular complexity index is 714. The number of hydrogen-bond acceptors (Lipinski definition) is 5. The first-order valence-electron chi connectivity index (χ1n) is 7.24. The van der Waals surface area contributed by atoms with Gasteiger partial charge in [-0.3, -0.25) is 4.31 Å². The number of ether oxygens (including phenoxy) is 2. The van der Waals surface area contributed by atoms with Gasteiger partial charge in [-0.25, -0.2) is 4.79 Å². The third-order valence-electron chi connectivity index (χ3n) is 3.42. The molecule has 0 aliphatic carbocycles. The van der Waals surface area contributed by atoms with Gasteiger partial charge in [-0.15, -0.1) is 0 Å². The van der Waals surface area contributed by atoms with Crippen molar-refractivity contribution in [3.8, 4) is 5.75 Å². The third kappa shape index (κ3) is 3.65. The molecule has 0 bridgehead atoms. The Labute approximate surface area is 136 Å². The van der Waals surface area contributed by atoms with Crippen molar-refractivity contribution in [2.24, 2.45) is 0 Å². The van der Waals surface area contributed by atoms with E-state index in [1.165, 1.54) is 13.3 Å². The first-order valence-corrected chi connectivity index (χ1v) is 8.68. The van der Waals surface area contributed by atoms with Crippen LogP contribution >= 0.6 is 0 Å². The smallest absolute Gasteiger partial charge is 0.337 e. The van der Waals surface area contributed by atoms with Crippen molar-refractivity contribution in [3.63, 3.8) is 0 Å². The molecule has 0 aromatic heterocycles. The van der Waals surface area contributed by atoms with Crippen LogP contribution in [0.2, 0.25) is 0 Å². The van der Waals surface area contributed by atoms with Gasteiger partial charge in [0, 0.05) is 12.7 Å². The fraction of sp³-hybridized carbons (Fsp3) is 0.400. The third-order valence-corrected chi connectivity index (χ3v) is 4.93. The zero-order valence-electron chi connectivity index (χ0n) is 13.3. The molecule has 23 heavy (non-hydrogen) atoms. The number of esters is 1. The fourth-order valence-corrected chi connectivity index (χ4v) is 3.58. The van der Waals surface area contributed by atoms with Crippen LogP contribution in [-0.2, 0) is 19.7 Å². The molecule has 1 atom stereocenters. The van der Waals surface area contributed by atoms with Gasteiger partial charge < -0.3 is 9.47 Å². The van der Waals surface area contributed by atoms with Crippen LogP contribution in [0.15, 0.2) is 36.0 Å². The van der Waals surface area contributed by atoms with Gasteiger partial charge in [-0.2, -0.15) is 13.1 Å². The lowest BCUT2D eigenvalue weighted by Gasteiger charge is -2.31. The van der Waals surface area contributed by atoms with Crippen LogP contribution in [0, 0.1) is 0 Å². The molecule has 1 unspecified atom stereocenters. The molecule has 0 saturated heterocycles. The molecule has 1 aliphatic heterocycles. The fourth-order valence-electron chi connectivity index (χ4n) is 2.29. The minimum Gasteiger partial charge on any atom is -0.497 e. The van der Waals surface area contributed by atoms with Gasteiger partial charge in [-0.05, 0) is 31.5 Å². The van der Waals surface area contributed by atoms with Crippen LogP contribution in [0.3, 0.4) is 0 Å². The second-order valence-electron chi connectivity index (χ2n) is 4.84. The maximum atomic E-state index is 12.3. The number of nitrogens with zero attached hydrogens (tertiary/aromatic N) is 1. The highest BCUT2D eigenvalue weighted by atomic mass is 32.2. The minimum atomic E-state index is -3.71. The average Bonchev–Trinajstić information content (AvgIpc) is 2.54. The lowest BCUT2D eigenvalue weighted by atomic mass is 10.00. The number of carbonyl (C=O) groups is 1. The van der Waals surface area contributed by atoms with Crippen molar-refractivity contribution in [2.45, 2.75) is 19.9 Å². The Kier molecular flexibility index (Phi) is 5.27. The summed E-state index contributed by atoms with van der Waals surface area (Å²) < 4.78 is 38.3. The number of carbonyl (C=O) groups excluding carboxylic acids is 1. The minimum absolute atomic E-state index is 0.208. The monoisotopic (exact) mass is 340 g/mol. The van der Waals surface area contributed by atoms with Gasteiger partial charge in [0.2, 0.25) is 0 Å². The van der Waals surface area contributed by atoms with Crippen LogP contribution < -0.4 is 9.46 Å². The summed E-state index contributed by atoms with van der Waals surface area (Å²) in [6.45, 7) is 3.80. The summed E-state index contributed by atoms with van der Waals surface area (Å²) in [4.78, 5) is 12.2. The van der Waals surface area contributed by atoms with Crippen LogP contribution in [0.4, 0.5) is 0 Å².